The highest BCUT2D eigenvalue weighted by Crippen LogP contribution is 2.30. The number of aryl methyl sites for hydroxylation is 2. The van der Waals surface area contributed by atoms with Gasteiger partial charge in [-0.05, 0) is 18.9 Å². The average Bonchev–Trinajstić information content (AvgIpc) is 2.60. The van der Waals surface area contributed by atoms with Crippen molar-refractivity contribution in [1.29, 1.82) is 0 Å². The fourth-order valence-corrected chi connectivity index (χ4v) is 1.85. The molecule has 0 aliphatic carbocycles. The fraction of sp³-hybridized carbons (Fsp3) is 0.308. The van der Waals surface area contributed by atoms with E-state index in [-0.39, 0.29) is 0 Å². The molecule has 0 bridgehead atoms. The Morgan fingerprint density at radius 3 is 2.88 bits per heavy atom. The van der Waals surface area contributed by atoms with Gasteiger partial charge < -0.3 is 10.3 Å². The van der Waals surface area contributed by atoms with Crippen LogP contribution in [0, 0.1) is 6.92 Å². The van der Waals surface area contributed by atoms with Crippen LogP contribution in [-0.4, -0.2) is 5.16 Å². The summed E-state index contributed by atoms with van der Waals surface area (Å²) in [6, 6.07) is 8.22. The highest BCUT2D eigenvalue weighted by atomic mass is 16.5. The Morgan fingerprint density at radius 1 is 1.38 bits per heavy atom. The molecule has 0 amide bonds. The highest BCUT2D eigenvalue weighted by molar-refractivity contribution is 5.75. The zero-order valence-electron chi connectivity index (χ0n) is 9.66. The monoisotopic (exact) mass is 216 g/mol. The van der Waals surface area contributed by atoms with Crippen LogP contribution in [0.1, 0.15) is 24.7 Å². The summed E-state index contributed by atoms with van der Waals surface area (Å²) in [5.74, 6) is 1.36. The molecule has 2 N–H and O–H groups in total. The number of rotatable bonds is 3. The Bertz CT molecular complexity index is 488. The number of benzene rings is 1. The van der Waals surface area contributed by atoms with E-state index in [1.807, 2.05) is 12.1 Å². The molecule has 0 atom stereocenters. The summed E-state index contributed by atoms with van der Waals surface area (Å²) in [7, 11) is 0. The zero-order chi connectivity index (χ0) is 11.5. The Balaban J connectivity index is 2.50. The number of aromatic nitrogens is 1. The Labute approximate surface area is 95.3 Å². The van der Waals surface area contributed by atoms with Crippen molar-refractivity contribution in [1.82, 2.24) is 5.16 Å². The van der Waals surface area contributed by atoms with Crippen LogP contribution in [0.4, 0.5) is 5.82 Å². The molecule has 3 heteroatoms. The topological polar surface area (TPSA) is 52.0 Å². The van der Waals surface area contributed by atoms with Crippen LogP contribution < -0.4 is 5.73 Å². The summed E-state index contributed by atoms with van der Waals surface area (Å²) in [6.07, 6.45) is 1.89. The molecule has 0 saturated heterocycles. The molecule has 0 fully saturated rings. The molecule has 1 heterocycles. The van der Waals surface area contributed by atoms with Crippen molar-refractivity contribution < 1.29 is 4.52 Å². The third-order valence-corrected chi connectivity index (χ3v) is 2.57. The molecule has 0 unspecified atom stereocenters. The van der Waals surface area contributed by atoms with E-state index in [4.69, 9.17) is 10.3 Å². The Hall–Kier alpha value is -1.77. The lowest BCUT2D eigenvalue weighted by molar-refractivity contribution is 0.385. The van der Waals surface area contributed by atoms with Crippen LogP contribution in [0.3, 0.4) is 0 Å². The van der Waals surface area contributed by atoms with Gasteiger partial charge in [-0.2, -0.15) is 0 Å². The zero-order valence-corrected chi connectivity index (χ0v) is 9.66. The van der Waals surface area contributed by atoms with Crippen LogP contribution in [0.2, 0.25) is 0 Å². The summed E-state index contributed by atoms with van der Waals surface area (Å²) in [5, 5.41) is 3.84. The SMILES string of the molecule is CCCc1onc(N)c1-c1cccc(C)c1. The van der Waals surface area contributed by atoms with Crippen LogP contribution in [-0.2, 0) is 6.42 Å². The average molecular weight is 216 g/mol. The van der Waals surface area contributed by atoms with Crippen LogP contribution in [0.5, 0.6) is 0 Å². The molecule has 0 aliphatic heterocycles. The van der Waals surface area contributed by atoms with Gasteiger partial charge in [0.15, 0.2) is 5.82 Å². The predicted octanol–water partition coefficient (Wildman–Crippen LogP) is 3.18. The van der Waals surface area contributed by atoms with Crippen molar-refractivity contribution in [3.8, 4) is 11.1 Å². The first-order chi connectivity index (χ1) is 7.72. The number of nitrogen functional groups attached to an aromatic ring is 1. The maximum Gasteiger partial charge on any atom is 0.175 e. The van der Waals surface area contributed by atoms with E-state index >= 15 is 0 Å². The minimum Gasteiger partial charge on any atom is -0.380 e. The van der Waals surface area contributed by atoms with Crippen molar-refractivity contribution >= 4 is 5.82 Å². The standard InChI is InChI=1S/C13H16N2O/c1-3-5-11-12(13(14)15-16-11)10-7-4-6-9(2)8-10/h4,6-8H,3,5H2,1-2H3,(H2,14,15). The van der Waals surface area contributed by atoms with Gasteiger partial charge in [-0.25, -0.2) is 0 Å². The minimum atomic E-state index is 0.481. The molecule has 1 aromatic heterocycles. The number of nitrogens with two attached hydrogens (primary N) is 1. The molecule has 0 radical (unpaired) electrons. The van der Waals surface area contributed by atoms with Crippen molar-refractivity contribution in [2.45, 2.75) is 26.7 Å². The second-order valence-corrected chi connectivity index (χ2v) is 3.99. The van der Waals surface area contributed by atoms with E-state index < -0.39 is 0 Å². The van der Waals surface area contributed by atoms with Gasteiger partial charge >= 0.3 is 0 Å². The lowest BCUT2D eigenvalue weighted by Crippen LogP contribution is -1.90. The van der Waals surface area contributed by atoms with Crippen molar-refractivity contribution in [3.05, 3.63) is 35.6 Å². The van der Waals surface area contributed by atoms with E-state index in [0.717, 1.165) is 29.7 Å². The Morgan fingerprint density at radius 2 is 2.19 bits per heavy atom. The molecule has 1 aromatic carbocycles. The number of hydrogen-bond acceptors (Lipinski definition) is 3. The number of nitrogens with zero attached hydrogens (tertiary/aromatic N) is 1. The van der Waals surface area contributed by atoms with Gasteiger partial charge in [0.25, 0.3) is 0 Å². The first kappa shape index (κ1) is 10.7. The third kappa shape index (κ3) is 1.94. The molecule has 0 aliphatic rings. The largest absolute Gasteiger partial charge is 0.380 e. The lowest BCUT2D eigenvalue weighted by Gasteiger charge is -2.02. The third-order valence-electron chi connectivity index (χ3n) is 2.57. The van der Waals surface area contributed by atoms with E-state index in [9.17, 15) is 0 Å². The van der Waals surface area contributed by atoms with Crippen molar-refractivity contribution in [3.63, 3.8) is 0 Å². The maximum atomic E-state index is 5.85. The Kier molecular flexibility index (Phi) is 2.95. The summed E-state index contributed by atoms with van der Waals surface area (Å²) in [4.78, 5) is 0. The van der Waals surface area contributed by atoms with Crippen molar-refractivity contribution in [2.75, 3.05) is 5.73 Å². The van der Waals surface area contributed by atoms with Crippen LogP contribution >= 0.6 is 0 Å². The van der Waals surface area contributed by atoms with E-state index in [2.05, 4.69) is 31.1 Å². The molecular weight excluding hydrogens is 200 g/mol. The summed E-state index contributed by atoms with van der Waals surface area (Å²) >= 11 is 0. The summed E-state index contributed by atoms with van der Waals surface area (Å²) in [6.45, 7) is 4.17. The predicted molar refractivity (Wildman–Crippen MR) is 65.1 cm³/mol. The molecule has 0 saturated carbocycles. The molecule has 2 aromatic rings. The van der Waals surface area contributed by atoms with Gasteiger partial charge in [-0.3, -0.25) is 0 Å². The maximum absolute atomic E-state index is 5.85. The van der Waals surface area contributed by atoms with Gasteiger partial charge in [-0.1, -0.05) is 41.9 Å². The first-order valence-electron chi connectivity index (χ1n) is 5.53. The molecule has 0 spiro atoms. The van der Waals surface area contributed by atoms with Crippen LogP contribution in [0.15, 0.2) is 28.8 Å². The lowest BCUT2D eigenvalue weighted by atomic mass is 10.0. The number of anilines is 1. The molecule has 16 heavy (non-hydrogen) atoms. The second-order valence-electron chi connectivity index (χ2n) is 3.99. The van der Waals surface area contributed by atoms with Crippen LogP contribution in [0.25, 0.3) is 11.1 Å². The number of hydrogen-bond donors (Lipinski definition) is 1. The smallest absolute Gasteiger partial charge is 0.175 e. The van der Waals surface area contributed by atoms with Gasteiger partial charge in [0.2, 0.25) is 0 Å². The van der Waals surface area contributed by atoms with E-state index in [1.165, 1.54) is 5.56 Å². The molecule has 2 rings (SSSR count). The molecule has 3 nitrogen and oxygen atoms in total. The van der Waals surface area contributed by atoms with Gasteiger partial charge in [0.05, 0.1) is 5.56 Å². The minimum absolute atomic E-state index is 0.481. The summed E-state index contributed by atoms with van der Waals surface area (Å²) < 4.78 is 5.26. The van der Waals surface area contributed by atoms with Gasteiger partial charge in [-0.15, -0.1) is 0 Å². The summed E-state index contributed by atoms with van der Waals surface area (Å²) in [5.41, 5.74) is 9.09. The van der Waals surface area contributed by atoms with Gasteiger partial charge in [0, 0.05) is 6.42 Å². The normalized spacial score (nSPS) is 10.6. The second kappa shape index (κ2) is 4.39. The molecule has 84 valence electrons. The highest BCUT2D eigenvalue weighted by Gasteiger charge is 2.14. The van der Waals surface area contributed by atoms with Crippen molar-refractivity contribution in [2.24, 2.45) is 0 Å². The quantitative estimate of drug-likeness (QED) is 0.857. The first-order valence-corrected chi connectivity index (χ1v) is 5.53. The molecular formula is C13H16N2O. The van der Waals surface area contributed by atoms with Gasteiger partial charge in [0.1, 0.15) is 5.76 Å². The van der Waals surface area contributed by atoms with E-state index in [0.29, 0.717) is 5.82 Å². The fourth-order valence-electron chi connectivity index (χ4n) is 1.85. The van der Waals surface area contributed by atoms with E-state index in [1.54, 1.807) is 0 Å².